The molecule has 1 amide bonds. The fourth-order valence-corrected chi connectivity index (χ4v) is 2.96. The van der Waals surface area contributed by atoms with Crippen LogP contribution in [0.3, 0.4) is 0 Å². The summed E-state index contributed by atoms with van der Waals surface area (Å²) in [6.07, 6.45) is 5.34. The van der Waals surface area contributed by atoms with Gasteiger partial charge in [-0.1, -0.05) is 6.42 Å². The number of nitrogens with zero attached hydrogens (tertiary/aromatic N) is 2. The van der Waals surface area contributed by atoms with Crippen LogP contribution in [-0.4, -0.2) is 63.2 Å². The van der Waals surface area contributed by atoms with Crippen LogP contribution in [0.4, 0.5) is 0 Å². The molecule has 1 atom stereocenters. The quantitative estimate of drug-likeness (QED) is 0.400. The molecule has 1 aliphatic heterocycles. The Hall–Kier alpha value is -1.30. The van der Waals surface area contributed by atoms with E-state index in [-0.39, 0.29) is 11.8 Å². The Bertz CT molecular complexity index is 390. The van der Waals surface area contributed by atoms with Crippen molar-refractivity contribution >= 4 is 11.9 Å². The molecule has 0 radical (unpaired) electrons. The smallest absolute Gasteiger partial charge is 0.223 e. The van der Waals surface area contributed by atoms with E-state index in [2.05, 4.69) is 34.5 Å². The second-order valence-corrected chi connectivity index (χ2v) is 6.62. The van der Waals surface area contributed by atoms with E-state index in [9.17, 15) is 4.79 Å². The van der Waals surface area contributed by atoms with Crippen LogP contribution in [0.15, 0.2) is 4.99 Å². The average Bonchev–Trinajstić information content (AvgIpc) is 2.96. The first-order chi connectivity index (χ1) is 11.2. The molecule has 1 saturated carbocycles. The van der Waals surface area contributed by atoms with Crippen molar-refractivity contribution in [2.45, 2.75) is 39.0 Å². The first-order valence-corrected chi connectivity index (χ1v) is 9.05. The van der Waals surface area contributed by atoms with Crippen LogP contribution in [0.25, 0.3) is 0 Å². The molecule has 1 aliphatic carbocycles. The maximum absolute atomic E-state index is 11.7. The molecular weight excluding hydrogens is 292 g/mol. The summed E-state index contributed by atoms with van der Waals surface area (Å²) in [4.78, 5) is 18.6. The summed E-state index contributed by atoms with van der Waals surface area (Å²) in [5.41, 5.74) is 0. The Morgan fingerprint density at radius 2 is 2.13 bits per heavy atom. The van der Waals surface area contributed by atoms with Crippen LogP contribution in [-0.2, 0) is 9.53 Å². The topological polar surface area (TPSA) is 66.0 Å². The number of carbonyl (C=O) groups excluding carboxylic acids is 1. The van der Waals surface area contributed by atoms with Crippen LogP contribution in [0.2, 0.25) is 0 Å². The predicted molar refractivity (Wildman–Crippen MR) is 92.5 cm³/mol. The molecule has 2 fully saturated rings. The lowest BCUT2D eigenvalue weighted by atomic mass is 9.85. The lowest BCUT2D eigenvalue weighted by Crippen LogP contribution is -2.41. The summed E-state index contributed by atoms with van der Waals surface area (Å²) in [5.74, 6) is 2.05. The number of rotatable bonds is 8. The zero-order valence-corrected chi connectivity index (χ0v) is 14.6. The largest absolute Gasteiger partial charge is 0.381 e. The highest BCUT2D eigenvalue weighted by Gasteiger charge is 2.24. The van der Waals surface area contributed by atoms with Crippen molar-refractivity contribution in [2.24, 2.45) is 16.8 Å². The number of guanidine groups is 1. The molecule has 2 aliphatic rings. The van der Waals surface area contributed by atoms with E-state index >= 15 is 0 Å². The number of carbonyl (C=O) groups is 1. The molecule has 132 valence electrons. The number of ether oxygens (including phenoxy) is 1. The Kier molecular flexibility index (Phi) is 7.65. The van der Waals surface area contributed by atoms with Crippen LogP contribution in [0.1, 0.15) is 39.0 Å². The highest BCUT2D eigenvalue weighted by atomic mass is 16.5. The Morgan fingerprint density at radius 1 is 1.30 bits per heavy atom. The first kappa shape index (κ1) is 18.0. The monoisotopic (exact) mass is 324 g/mol. The van der Waals surface area contributed by atoms with Gasteiger partial charge in [-0.2, -0.15) is 0 Å². The molecule has 0 spiro atoms. The fraction of sp³-hybridized carbons (Fsp3) is 0.882. The summed E-state index contributed by atoms with van der Waals surface area (Å²) < 4.78 is 5.44. The van der Waals surface area contributed by atoms with Gasteiger partial charge in [0.25, 0.3) is 0 Å². The standard InChI is InChI=1S/C17H32N4O2/c1-3-18-17(21(2)12-14-8-11-23-13-14)20-10-5-9-19-16(22)15-6-4-7-15/h14-15H,3-13H2,1-2H3,(H,18,20)(H,19,22). The van der Waals surface area contributed by atoms with Crippen molar-refractivity contribution in [2.75, 3.05) is 46.4 Å². The molecule has 0 bridgehead atoms. The van der Waals surface area contributed by atoms with Gasteiger partial charge in [0.1, 0.15) is 0 Å². The van der Waals surface area contributed by atoms with Crippen LogP contribution >= 0.6 is 0 Å². The predicted octanol–water partition coefficient (Wildman–Crippen LogP) is 1.23. The molecule has 1 unspecified atom stereocenters. The van der Waals surface area contributed by atoms with Gasteiger partial charge in [0.2, 0.25) is 5.91 Å². The third-order valence-electron chi connectivity index (χ3n) is 4.62. The van der Waals surface area contributed by atoms with E-state index in [1.54, 1.807) is 0 Å². The summed E-state index contributed by atoms with van der Waals surface area (Å²) in [6.45, 7) is 7.12. The zero-order valence-electron chi connectivity index (χ0n) is 14.6. The van der Waals surface area contributed by atoms with Gasteiger partial charge in [0, 0.05) is 51.7 Å². The molecule has 1 heterocycles. The minimum Gasteiger partial charge on any atom is -0.381 e. The molecule has 6 heteroatoms. The molecule has 23 heavy (non-hydrogen) atoms. The first-order valence-electron chi connectivity index (χ1n) is 9.05. The average molecular weight is 324 g/mol. The molecule has 0 aromatic heterocycles. The molecular formula is C17H32N4O2. The Morgan fingerprint density at radius 3 is 2.74 bits per heavy atom. The maximum atomic E-state index is 11.7. The van der Waals surface area contributed by atoms with Crippen molar-refractivity contribution in [3.05, 3.63) is 0 Å². The Labute approximate surface area is 140 Å². The van der Waals surface area contributed by atoms with E-state index < -0.39 is 0 Å². The number of amides is 1. The van der Waals surface area contributed by atoms with E-state index in [0.717, 1.165) is 71.0 Å². The molecule has 2 rings (SSSR count). The van der Waals surface area contributed by atoms with Gasteiger partial charge in [0.15, 0.2) is 5.96 Å². The van der Waals surface area contributed by atoms with Crippen molar-refractivity contribution < 1.29 is 9.53 Å². The zero-order chi connectivity index (χ0) is 16.5. The lowest BCUT2D eigenvalue weighted by Gasteiger charge is -2.25. The number of hydrogen-bond donors (Lipinski definition) is 2. The van der Waals surface area contributed by atoms with Gasteiger partial charge in [-0.15, -0.1) is 0 Å². The number of nitrogens with one attached hydrogen (secondary N) is 2. The van der Waals surface area contributed by atoms with E-state index in [1.807, 2.05) is 0 Å². The minimum atomic E-state index is 0.227. The lowest BCUT2D eigenvalue weighted by molar-refractivity contribution is -0.127. The van der Waals surface area contributed by atoms with Gasteiger partial charge < -0.3 is 20.3 Å². The number of hydrogen-bond acceptors (Lipinski definition) is 3. The van der Waals surface area contributed by atoms with Crippen molar-refractivity contribution in [3.63, 3.8) is 0 Å². The maximum Gasteiger partial charge on any atom is 0.223 e. The SMILES string of the molecule is CCNC(=NCCCNC(=O)C1CCC1)N(C)CC1CCOC1. The van der Waals surface area contributed by atoms with Gasteiger partial charge in [-0.05, 0) is 32.6 Å². The second-order valence-electron chi connectivity index (χ2n) is 6.62. The molecule has 6 nitrogen and oxygen atoms in total. The normalized spacial score (nSPS) is 21.8. The van der Waals surface area contributed by atoms with E-state index in [0.29, 0.717) is 5.92 Å². The highest BCUT2D eigenvalue weighted by molar-refractivity contribution is 5.80. The number of aliphatic imine (C=N–C) groups is 1. The summed E-state index contributed by atoms with van der Waals surface area (Å²) in [6, 6.07) is 0. The summed E-state index contributed by atoms with van der Waals surface area (Å²) >= 11 is 0. The van der Waals surface area contributed by atoms with Crippen LogP contribution in [0.5, 0.6) is 0 Å². The van der Waals surface area contributed by atoms with Crippen molar-refractivity contribution in [3.8, 4) is 0 Å². The summed E-state index contributed by atoms with van der Waals surface area (Å²) in [7, 11) is 2.08. The fourth-order valence-electron chi connectivity index (χ4n) is 2.96. The van der Waals surface area contributed by atoms with Gasteiger partial charge in [-0.3, -0.25) is 9.79 Å². The van der Waals surface area contributed by atoms with Gasteiger partial charge >= 0.3 is 0 Å². The van der Waals surface area contributed by atoms with Gasteiger partial charge in [0.05, 0.1) is 6.61 Å². The minimum absolute atomic E-state index is 0.227. The van der Waals surface area contributed by atoms with Crippen LogP contribution < -0.4 is 10.6 Å². The van der Waals surface area contributed by atoms with Gasteiger partial charge in [-0.25, -0.2) is 0 Å². The highest BCUT2D eigenvalue weighted by Crippen LogP contribution is 2.26. The van der Waals surface area contributed by atoms with E-state index in [4.69, 9.17) is 4.74 Å². The third-order valence-corrected chi connectivity index (χ3v) is 4.62. The van der Waals surface area contributed by atoms with Crippen molar-refractivity contribution in [1.29, 1.82) is 0 Å². The molecule has 0 aromatic rings. The van der Waals surface area contributed by atoms with E-state index in [1.165, 1.54) is 6.42 Å². The third kappa shape index (κ3) is 6.01. The molecule has 1 saturated heterocycles. The molecule has 2 N–H and O–H groups in total. The molecule has 0 aromatic carbocycles. The van der Waals surface area contributed by atoms with Crippen molar-refractivity contribution in [1.82, 2.24) is 15.5 Å². The Balaban J connectivity index is 1.66. The summed E-state index contributed by atoms with van der Waals surface area (Å²) in [5, 5.41) is 6.36. The second kappa shape index (κ2) is 9.75. The van der Waals surface area contributed by atoms with Crippen LogP contribution in [0, 0.1) is 11.8 Å².